The van der Waals surface area contributed by atoms with Gasteiger partial charge in [-0.15, -0.1) is 12.4 Å². The Bertz CT molecular complexity index is 286. The second-order valence-electron chi connectivity index (χ2n) is 4.55. The highest BCUT2D eigenvalue weighted by atomic mass is 35.5. The molecule has 1 aliphatic heterocycles. The minimum absolute atomic E-state index is 0. The van der Waals surface area contributed by atoms with E-state index in [1.807, 2.05) is 20.9 Å². The molecule has 6 heteroatoms. The van der Waals surface area contributed by atoms with Crippen LogP contribution in [0, 0.1) is 0 Å². The van der Waals surface area contributed by atoms with Crippen molar-refractivity contribution in [3.05, 3.63) is 0 Å². The summed E-state index contributed by atoms with van der Waals surface area (Å²) in [7, 11) is 1.86. The molecule has 18 heavy (non-hydrogen) atoms. The molecule has 106 valence electrons. The summed E-state index contributed by atoms with van der Waals surface area (Å²) in [6, 6.07) is -0.0557. The molecule has 2 atom stereocenters. The van der Waals surface area contributed by atoms with Gasteiger partial charge in [0.1, 0.15) is 6.04 Å². The van der Waals surface area contributed by atoms with Crippen LogP contribution in [0.2, 0.25) is 0 Å². The van der Waals surface area contributed by atoms with E-state index in [1.54, 1.807) is 4.90 Å². The maximum Gasteiger partial charge on any atom is 0.242 e. The molecule has 0 aliphatic carbocycles. The molecule has 0 aromatic carbocycles. The quantitative estimate of drug-likeness (QED) is 0.745. The van der Waals surface area contributed by atoms with Gasteiger partial charge in [-0.2, -0.15) is 0 Å². The summed E-state index contributed by atoms with van der Waals surface area (Å²) in [5.41, 5.74) is 0. The van der Waals surface area contributed by atoms with Crippen LogP contribution in [0.4, 0.5) is 0 Å². The van der Waals surface area contributed by atoms with Gasteiger partial charge in [-0.05, 0) is 26.8 Å². The fraction of sp³-hybridized carbons (Fsp3) is 0.833. The lowest BCUT2D eigenvalue weighted by Crippen LogP contribution is -2.49. The van der Waals surface area contributed by atoms with Crippen molar-refractivity contribution in [1.82, 2.24) is 15.5 Å². The third-order valence-corrected chi connectivity index (χ3v) is 3.25. The Morgan fingerprint density at radius 2 is 2.17 bits per heavy atom. The SMILES string of the molecule is CCC(C(=O)NCC(C)NC)N1CCCC1=O.Cl. The summed E-state index contributed by atoms with van der Waals surface area (Å²) in [5.74, 6) is 0.0681. The Balaban J connectivity index is 0.00000289. The number of likely N-dealkylation sites (N-methyl/N-ethyl adjacent to an activating group) is 1. The predicted molar refractivity (Wildman–Crippen MR) is 73.8 cm³/mol. The van der Waals surface area contributed by atoms with Crippen molar-refractivity contribution in [3.63, 3.8) is 0 Å². The molecule has 2 amide bonds. The van der Waals surface area contributed by atoms with Crippen LogP contribution in [0.25, 0.3) is 0 Å². The van der Waals surface area contributed by atoms with Gasteiger partial charge in [0.2, 0.25) is 11.8 Å². The summed E-state index contributed by atoms with van der Waals surface area (Å²) in [6.07, 6.45) is 2.12. The summed E-state index contributed by atoms with van der Waals surface area (Å²) in [6.45, 7) is 5.25. The van der Waals surface area contributed by atoms with Crippen molar-refractivity contribution < 1.29 is 9.59 Å². The fourth-order valence-electron chi connectivity index (χ4n) is 2.02. The number of rotatable bonds is 6. The number of nitrogens with zero attached hydrogens (tertiary/aromatic N) is 1. The molecular weight excluding hydrogens is 254 g/mol. The molecule has 1 rings (SSSR count). The molecule has 0 saturated carbocycles. The largest absolute Gasteiger partial charge is 0.353 e. The highest BCUT2D eigenvalue weighted by Gasteiger charge is 2.31. The molecule has 1 saturated heterocycles. The third-order valence-electron chi connectivity index (χ3n) is 3.25. The fourth-order valence-corrected chi connectivity index (χ4v) is 2.02. The lowest BCUT2D eigenvalue weighted by Gasteiger charge is -2.26. The van der Waals surface area contributed by atoms with E-state index in [0.717, 1.165) is 6.42 Å². The molecule has 0 spiro atoms. The lowest BCUT2D eigenvalue weighted by atomic mass is 10.1. The van der Waals surface area contributed by atoms with Crippen molar-refractivity contribution in [2.45, 2.75) is 45.2 Å². The number of halogens is 1. The predicted octanol–water partition coefficient (Wildman–Crippen LogP) is 0.533. The van der Waals surface area contributed by atoms with Crippen molar-refractivity contribution >= 4 is 24.2 Å². The highest BCUT2D eigenvalue weighted by molar-refractivity contribution is 5.88. The zero-order valence-electron chi connectivity index (χ0n) is 11.4. The van der Waals surface area contributed by atoms with Crippen LogP contribution in [0.3, 0.4) is 0 Å². The molecule has 1 aliphatic rings. The first kappa shape index (κ1) is 17.2. The van der Waals surface area contributed by atoms with E-state index in [2.05, 4.69) is 10.6 Å². The maximum absolute atomic E-state index is 12.0. The first-order chi connectivity index (χ1) is 8.10. The molecule has 0 radical (unpaired) electrons. The summed E-state index contributed by atoms with van der Waals surface area (Å²) in [5, 5.41) is 5.95. The van der Waals surface area contributed by atoms with Crippen LogP contribution in [0.5, 0.6) is 0 Å². The van der Waals surface area contributed by atoms with Gasteiger partial charge in [-0.3, -0.25) is 9.59 Å². The average molecular weight is 278 g/mol. The zero-order chi connectivity index (χ0) is 12.8. The van der Waals surface area contributed by atoms with Crippen LogP contribution in [0.1, 0.15) is 33.1 Å². The Kier molecular flexibility index (Phi) is 7.95. The monoisotopic (exact) mass is 277 g/mol. The number of carbonyl (C=O) groups excluding carboxylic acids is 2. The van der Waals surface area contributed by atoms with Crippen LogP contribution >= 0.6 is 12.4 Å². The number of nitrogens with one attached hydrogen (secondary N) is 2. The molecular formula is C12H24ClN3O2. The summed E-state index contributed by atoms with van der Waals surface area (Å²) < 4.78 is 0. The van der Waals surface area contributed by atoms with Crippen LogP contribution in [-0.4, -0.2) is 48.9 Å². The van der Waals surface area contributed by atoms with Crippen molar-refractivity contribution in [2.75, 3.05) is 20.1 Å². The van der Waals surface area contributed by atoms with Crippen LogP contribution in [0.15, 0.2) is 0 Å². The molecule has 0 aromatic heterocycles. The smallest absolute Gasteiger partial charge is 0.242 e. The van der Waals surface area contributed by atoms with E-state index < -0.39 is 0 Å². The van der Waals surface area contributed by atoms with E-state index >= 15 is 0 Å². The Morgan fingerprint density at radius 3 is 2.61 bits per heavy atom. The third kappa shape index (κ3) is 4.46. The van der Waals surface area contributed by atoms with Gasteiger partial charge in [0.15, 0.2) is 0 Å². The Hall–Kier alpha value is -0.810. The topological polar surface area (TPSA) is 61.4 Å². The normalized spacial score (nSPS) is 18.2. The van der Waals surface area contributed by atoms with Crippen molar-refractivity contribution in [1.29, 1.82) is 0 Å². The number of hydrogen-bond acceptors (Lipinski definition) is 3. The van der Waals surface area contributed by atoms with E-state index in [-0.39, 0.29) is 36.3 Å². The van der Waals surface area contributed by atoms with E-state index in [9.17, 15) is 9.59 Å². The van der Waals surface area contributed by atoms with E-state index in [0.29, 0.717) is 25.9 Å². The van der Waals surface area contributed by atoms with Gasteiger partial charge in [0.25, 0.3) is 0 Å². The minimum Gasteiger partial charge on any atom is -0.353 e. The number of amides is 2. The van der Waals surface area contributed by atoms with Crippen molar-refractivity contribution in [3.8, 4) is 0 Å². The van der Waals surface area contributed by atoms with Gasteiger partial charge in [0.05, 0.1) is 0 Å². The Labute approximate surface area is 115 Å². The summed E-state index contributed by atoms with van der Waals surface area (Å²) in [4.78, 5) is 25.3. The second kappa shape index (κ2) is 8.32. The molecule has 0 bridgehead atoms. The van der Waals surface area contributed by atoms with Gasteiger partial charge in [-0.1, -0.05) is 6.92 Å². The first-order valence-electron chi connectivity index (χ1n) is 6.34. The average Bonchev–Trinajstić information content (AvgIpc) is 2.73. The lowest BCUT2D eigenvalue weighted by molar-refractivity contribution is -0.137. The number of likely N-dealkylation sites (tertiary alicyclic amines) is 1. The van der Waals surface area contributed by atoms with Crippen LogP contribution < -0.4 is 10.6 Å². The molecule has 5 nitrogen and oxygen atoms in total. The number of carbonyl (C=O) groups is 2. The van der Waals surface area contributed by atoms with Crippen LogP contribution in [-0.2, 0) is 9.59 Å². The molecule has 1 heterocycles. The van der Waals surface area contributed by atoms with Gasteiger partial charge in [-0.25, -0.2) is 0 Å². The second-order valence-corrected chi connectivity index (χ2v) is 4.55. The van der Waals surface area contributed by atoms with Gasteiger partial charge >= 0.3 is 0 Å². The Morgan fingerprint density at radius 1 is 1.50 bits per heavy atom. The van der Waals surface area contributed by atoms with E-state index in [4.69, 9.17) is 0 Å². The van der Waals surface area contributed by atoms with Gasteiger partial charge in [0, 0.05) is 25.6 Å². The molecule has 0 aromatic rings. The maximum atomic E-state index is 12.0. The molecule has 2 N–H and O–H groups in total. The number of hydrogen-bond donors (Lipinski definition) is 2. The first-order valence-corrected chi connectivity index (χ1v) is 6.34. The zero-order valence-corrected chi connectivity index (χ0v) is 12.2. The summed E-state index contributed by atoms with van der Waals surface area (Å²) >= 11 is 0. The minimum atomic E-state index is -0.297. The molecule has 2 unspecified atom stereocenters. The van der Waals surface area contributed by atoms with Crippen molar-refractivity contribution in [2.24, 2.45) is 0 Å². The highest BCUT2D eigenvalue weighted by Crippen LogP contribution is 2.15. The standard InChI is InChI=1S/C12H23N3O2.ClH/c1-4-10(15-7-5-6-11(15)16)12(17)14-8-9(2)13-3;/h9-10,13H,4-8H2,1-3H3,(H,14,17);1H. The molecule has 1 fully saturated rings. The van der Waals surface area contributed by atoms with Gasteiger partial charge < -0.3 is 15.5 Å². The van der Waals surface area contributed by atoms with E-state index in [1.165, 1.54) is 0 Å².